The zero-order chi connectivity index (χ0) is 18.9. The molecule has 2 fully saturated rings. The monoisotopic (exact) mass is 360 g/mol. The number of benzene rings is 1. The van der Waals surface area contributed by atoms with Crippen molar-refractivity contribution in [3.8, 4) is 6.07 Å². The maximum absolute atomic E-state index is 10.5. The van der Waals surface area contributed by atoms with Gasteiger partial charge in [0.2, 0.25) is 0 Å². The summed E-state index contributed by atoms with van der Waals surface area (Å²) in [6.07, 6.45) is 14.1. The first-order valence-electron chi connectivity index (χ1n) is 10.8. The van der Waals surface area contributed by atoms with Crippen LogP contribution in [-0.4, -0.2) is 23.5 Å². The van der Waals surface area contributed by atoms with Gasteiger partial charge in [-0.05, 0) is 68.0 Å². The minimum absolute atomic E-state index is 0.504. The molecule has 2 aliphatic heterocycles. The molecule has 1 aromatic rings. The van der Waals surface area contributed by atoms with E-state index in [4.69, 9.17) is 0 Å². The van der Waals surface area contributed by atoms with Gasteiger partial charge in [-0.2, -0.15) is 5.26 Å². The van der Waals surface area contributed by atoms with Gasteiger partial charge in [0.05, 0.1) is 6.07 Å². The highest BCUT2D eigenvalue weighted by Crippen LogP contribution is 2.47. The number of nitriles is 1. The SMILES string of the molecule is CCN1[C@@H]2CC[C@H]1C[C@@H](CC(C#N)(C1=CC[C@@H](C)C=C1)c1ccccc1)C2. The van der Waals surface area contributed by atoms with Crippen LogP contribution in [0, 0.1) is 23.2 Å². The highest BCUT2D eigenvalue weighted by Gasteiger charge is 2.44. The number of piperidine rings is 1. The lowest BCUT2D eigenvalue weighted by molar-refractivity contribution is 0.101. The molecule has 4 rings (SSSR count). The summed E-state index contributed by atoms with van der Waals surface area (Å²) in [7, 11) is 0. The van der Waals surface area contributed by atoms with Crippen molar-refractivity contribution in [2.24, 2.45) is 11.8 Å². The second kappa shape index (κ2) is 7.64. The predicted octanol–water partition coefficient (Wildman–Crippen LogP) is 5.62. The molecule has 1 aromatic carbocycles. The molecular weight excluding hydrogens is 328 g/mol. The Morgan fingerprint density at radius 1 is 1.15 bits per heavy atom. The number of rotatable bonds is 5. The summed E-state index contributed by atoms with van der Waals surface area (Å²) in [5.74, 6) is 1.21. The molecule has 0 amide bonds. The Labute approximate surface area is 164 Å². The van der Waals surface area contributed by atoms with E-state index in [9.17, 15) is 5.26 Å². The lowest BCUT2D eigenvalue weighted by Gasteiger charge is -2.41. The van der Waals surface area contributed by atoms with Crippen LogP contribution >= 0.6 is 0 Å². The Morgan fingerprint density at radius 3 is 2.41 bits per heavy atom. The molecular formula is C25H32N2. The third kappa shape index (κ3) is 3.39. The Morgan fingerprint density at radius 2 is 1.85 bits per heavy atom. The third-order valence-electron chi connectivity index (χ3n) is 7.21. The molecule has 2 nitrogen and oxygen atoms in total. The first-order valence-corrected chi connectivity index (χ1v) is 10.8. The standard InChI is InChI=1S/C25H32N2/c1-3-27-23-13-14-24(27)16-20(15-23)17-25(18-26,21-7-5-4-6-8-21)22-11-9-19(2)10-12-22/h4-9,11-12,19-20,23-24H,3,10,13-17H2,1-2H3/t19-,20-,23+,24-,25?/m0/s1. The molecule has 0 saturated carbocycles. The zero-order valence-electron chi connectivity index (χ0n) is 16.8. The largest absolute Gasteiger partial charge is 0.298 e. The lowest BCUT2D eigenvalue weighted by atomic mass is 9.66. The Kier molecular flexibility index (Phi) is 5.24. The molecule has 142 valence electrons. The molecule has 3 aliphatic rings. The summed E-state index contributed by atoms with van der Waals surface area (Å²) in [6.45, 7) is 5.72. The molecule has 2 bridgehead atoms. The predicted molar refractivity (Wildman–Crippen MR) is 111 cm³/mol. The van der Waals surface area contributed by atoms with Gasteiger partial charge < -0.3 is 0 Å². The fourth-order valence-electron chi connectivity index (χ4n) is 5.85. The van der Waals surface area contributed by atoms with E-state index in [0.29, 0.717) is 11.8 Å². The van der Waals surface area contributed by atoms with E-state index in [1.807, 2.05) is 0 Å². The summed E-state index contributed by atoms with van der Waals surface area (Å²) in [6, 6.07) is 14.8. The van der Waals surface area contributed by atoms with E-state index >= 15 is 0 Å². The molecule has 1 unspecified atom stereocenters. The first-order chi connectivity index (χ1) is 13.2. The minimum atomic E-state index is -0.504. The quantitative estimate of drug-likeness (QED) is 0.681. The van der Waals surface area contributed by atoms with Gasteiger partial charge in [0.15, 0.2) is 0 Å². The molecule has 27 heavy (non-hydrogen) atoms. The molecule has 5 atom stereocenters. The number of hydrogen-bond acceptors (Lipinski definition) is 2. The van der Waals surface area contributed by atoms with Crippen molar-refractivity contribution in [3.05, 3.63) is 59.7 Å². The second-order valence-corrected chi connectivity index (χ2v) is 8.87. The van der Waals surface area contributed by atoms with Crippen molar-refractivity contribution < 1.29 is 0 Å². The number of allylic oxidation sites excluding steroid dienone is 4. The van der Waals surface area contributed by atoms with Gasteiger partial charge >= 0.3 is 0 Å². The zero-order valence-corrected chi connectivity index (χ0v) is 16.8. The molecule has 0 spiro atoms. The summed E-state index contributed by atoms with van der Waals surface area (Å²) < 4.78 is 0. The second-order valence-electron chi connectivity index (χ2n) is 8.87. The van der Waals surface area contributed by atoms with Gasteiger partial charge in [-0.15, -0.1) is 0 Å². The van der Waals surface area contributed by atoms with Crippen LogP contribution in [0.5, 0.6) is 0 Å². The van der Waals surface area contributed by atoms with Gasteiger partial charge in [-0.1, -0.05) is 62.4 Å². The summed E-state index contributed by atoms with van der Waals surface area (Å²) in [5.41, 5.74) is 1.89. The van der Waals surface area contributed by atoms with Crippen LogP contribution in [0.25, 0.3) is 0 Å². The highest BCUT2D eigenvalue weighted by atomic mass is 15.2. The average molecular weight is 361 g/mol. The number of fused-ring (bicyclic) bond motifs is 2. The topological polar surface area (TPSA) is 27.0 Å². The van der Waals surface area contributed by atoms with Crippen LogP contribution in [0.15, 0.2) is 54.1 Å². The third-order valence-corrected chi connectivity index (χ3v) is 7.21. The average Bonchev–Trinajstić information content (AvgIpc) is 2.96. The molecule has 1 aliphatic carbocycles. The smallest absolute Gasteiger partial charge is 0.107 e. The summed E-state index contributed by atoms with van der Waals surface area (Å²) >= 11 is 0. The van der Waals surface area contributed by atoms with Crippen molar-refractivity contribution >= 4 is 0 Å². The molecule has 0 N–H and O–H groups in total. The Bertz CT molecular complexity index is 742. The van der Waals surface area contributed by atoms with Gasteiger partial charge in [0.25, 0.3) is 0 Å². The van der Waals surface area contributed by atoms with Crippen LogP contribution in [-0.2, 0) is 5.41 Å². The van der Waals surface area contributed by atoms with Gasteiger partial charge in [0.1, 0.15) is 5.41 Å². The van der Waals surface area contributed by atoms with Gasteiger partial charge in [-0.3, -0.25) is 4.90 Å². The molecule has 2 heteroatoms. The van der Waals surface area contributed by atoms with Crippen LogP contribution in [0.3, 0.4) is 0 Å². The van der Waals surface area contributed by atoms with E-state index in [-0.39, 0.29) is 0 Å². The van der Waals surface area contributed by atoms with Gasteiger partial charge in [-0.25, -0.2) is 0 Å². The molecule has 0 aromatic heterocycles. The molecule has 0 radical (unpaired) electrons. The van der Waals surface area contributed by atoms with Crippen molar-refractivity contribution in [2.75, 3.05) is 6.54 Å². The van der Waals surface area contributed by atoms with E-state index in [2.05, 4.69) is 73.4 Å². The highest BCUT2D eigenvalue weighted by molar-refractivity contribution is 5.49. The van der Waals surface area contributed by atoms with Crippen LogP contribution in [0.2, 0.25) is 0 Å². The first kappa shape index (κ1) is 18.5. The summed E-state index contributed by atoms with van der Waals surface area (Å²) in [5, 5.41) is 10.5. The molecule has 2 heterocycles. The maximum Gasteiger partial charge on any atom is 0.107 e. The van der Waals surface area contributed by atoms with Crippen LogP contribution in [0.4, 0.5) is 0 Å². The van der Waals surface area contributed by atoms with Crippen molar-refractivity contribution in [3.63, 3.8) is 0 Å². The Hall–Kier alpha value is -1.85. The minimum Gasteiger partial charge on any atom is -0.298 e. The fraction of sp³-hybridized carbons (Fsp3) is 0.560. The fourth-order valence-corrected chi connectivity index (χ4v) is 5.85. The van der Waals surface area contributed by atoms with Crippen molar-refractivity contribution in [2.45, 2.75) is 69.9 Å². The van der Waals surface area contributed by atoms with Crippen molar-refractivity contribution in [1.82, 2.24) is 4.90 Å². The maximum atomic E-state index is 10.5. The summed E-state index contributed by atoms with van der Waals surface area (Å²) in [4.78, 5) is 2.72. The molecule has 2 saturated heterocycles. The lowest BCUT2D eigenvalue weighted by Crippen LogP contribution is -2.44. The number of hydrogen-bond donors (Lipinski definition) is 0. The van der Waals surface area contributed by atoms with E-state index < -0.39 is 5.41 Å². The van der Waals surface area contributed by atoms with E-state index in [0.717, 1.165) is 24.9 Å². The van der Waals surface area contributed by atoms with Crippen LogP contribution in [0.1, 0.15) is 57.9 Å². The van der Waals surface area contributed by atoms with E-state index in [1.54, 1.807) is 0 Å². The normalized spacial score (nSPS) is 32.6. The van der Waals surface area contributed by atoms with Gasteiger partial charge in [0, 0.05) is 12.1 Å². The van der Waals surface area contributed by atoms with Crippen molar-refractivity contribution in [1.29, 1.82) is 5.26 Å². The van der Waals surface area contributed by atoms with Crippen LogP contribution < -0.4 is 0 Å². The van der Waals surface area contributed by atoms with E-state index in [1.165, 1.54) is 43.4 Å². The number of nitrogens with zero attached hydrogens (tertiary/aromatic N) is 2. The Balaban J connectivity index is 1.65.